The summed E-state index contributed by atoms with van der Waals surface area (Å²) in [6.45, 7) is 5.52. The third-order valence-corrected chi connectivity index (χ3v) is 4.20. The predicted octanol–water partition coefficient (Wildman–Crippen LogP) is 3.06. The first-order valence-electron chi connectivity index (χ1n) is 6.88. The minimum Gasteiger partial charge on any atom is -0.308 e. The number of halogens is 1. The Labute approximate surface area is 133 Å². The van der Waals surface area contributed by atoms with Crippen LogP contribution < -0.4 is 0 Å². The van der Waals surface area contributed by atoms with Crippen LogP contribution in [0, 0.1) is 13.8 Å². The summed E-state index contributed by atoms with van der Waals surface area (Å²) < 4.78 is 2.51. The number of aromatic nitrogens is 2. The van der Waals surface area contributed by atoms with Gasteiger partial charge in [-0.2, -0.15) is 5.10 Å². The average Bonchev–Trinajstić information content (AvgIpc) is 2.80. The van der Waals surface area contributed by atoms with Crippen molar-refractivity contribution in [1.29, 1.82) is 0 Å². The molecule has 0 bridgehead atoms. The van der Waals surface area contributed by atoms with Gasteiger partial charge in [0.2, 0.25) is 5.78 Å². The van der Waals surface area contributed by atoms with E-state index in [9.17, 15) is 4.79 Å². The molecule has 21 heavy (non-hydrogen) atoms. The number of hydrogen-bond acceptors (Lipinski definition) is 3. The summed E-state index contributed by atoms with van der Waals surface area (Å²) in [4.78, 5) is 14.9. The number of carbonyl (C=O) groups is 1. The lowest BCUT2D eigenvalue weighted by Crippen LogP contribution is -2.22. The first kappa shape index (κ1) is 15.9. The van der Waals surface area contributed by atoms with Crippen LogP contribution in [0.1, 0.15) is 27.2 Å². The molecular weight excluding hydrogens is 330 g/mol. The van der Waals surface area contributed by atoms with Crippen LogP contribution in [0.5, 0.6) is 0 Å². The zero-order valence-corrected chi connectivity index (χ0v) is 14.4. The van der Waals surface area contributed by atoms with Gasteiger partial charge in [-0.25, -0.2) is 0 Å². The summed E-state index contributed by atoms with van der Waals surface area (Å²) >= 11 is 3.45. The molecule has 0 N–H and O–H groups in total. The number of aryl methyl sites for hydroxylation is 1. The second-order valence-corrected chi connectivity index (χ2v) is 6.30. The van der Waals surface area contributed by atoms with Crippen LogP contribution in [0.2, 0.25) is 0 Å². The van der Waals surface area contributed by atoms with Crippen LogP contribution in [0.3, 0.4) is 0 Å². The molecule has 4 nitrogen and oxygen atoms in total. The molecule has 0 aliphatic rings. The van der Waals surface area contributed by atoms with E-state index in [0.29, 0.717) is 12.2 Å². The van der Waals surface area contributed by atoms with Gasteiger partial charge < -0.3 is 4.90 Å². The number of nitrogens with zero attached hydrogens (tertiary/aromatic N) is 3. The van der Waals surface area contributed by atoms with Crippen LogP contribution >= 0.6 is 15.9 Å². The van der Waals surface area contributed by atoms with Crippen molar-refractivity contribution >= 4 is 21.7 Å². The van der Waals surface area contributed by atoms with E-state index in [2.05, 4.69) is 25.9 Å². The van der Waals surface area contributed by atoms with E-state index < -0.39 is 0 Å². The highest BCUT2D eigenvalue weighted by atomic mass is 79.9. The molecule has 1 aromatic heterocycles. The maximum absolute atomic E-state index is 12.9. The lowest BCUT2D eigenvalue weighted by Gasteiger charge is -2.13. The number of carbonyl (C=O) groups excluding carboxylic acids is 1. The van der Waals surface area contributed by atoms with Crippen LogP contribution in [0.4, 0.5) is 0 Å². The zero-order valence-electron chi connectivity index (χ0n) is 12.9. The van der Waals surface area contributed by atoms with Crippen molar-refractivity contribution in [2.24, 2.45) is 0 Å². The first-order chi connectivity index (χ1) is 9.91. The highest BCUT2D eigenvalue weighted by Gasteiger charge is 2.20. The van der Waals surface area contributed by atoms with E-state index in [4.69, 9.17) is 0 Å². The van der Waals surface area contributed by atoms with E-state index in [1.807, 2.05) is 46.1 Å². The Kier molecular flexibility index (Phi) is 4.96. The van der Waals surface area contributed by atoms with Crippen molar-refractivity contribution in [3.05, 3.63) is 51.3 Å². The number of likely N-dealkylation sites (N-methyl/N-ethyl adjacent to an activating group) is 1. The Bertz CT molecular complexity index is 662. The van der Waals surface area contributed by atoms with Crippen LogP contribution in [-0.2, 0) is 6.54 Å². The molecule has 0 aliphatic carbocycles. The molecule has 0 spiro atoms. The fourth-order valence-corrected chi connectivity index (χ4v) is 2.65. The van der Waals surface area contributed by atoms with Crippen molar-refractivity contribution in [2.75, 3.05) is 20.6 Å². The third-order valence-electron chi connectivity index (χ3n) is 3.62. The second-order valence-electron chi connectivity index (χ2n) is 5.44. The number of ketones is 1. The van der Waals surface area contributed by atoms with Crippen molar-refractivity contribution in [3.63, 3.8) is 0 Å². The topological polar surface area (TPSA) is 38.1 Å². The molecular formula is C16H20BrN3O. The minimum absolute atomic E-state index is 0.0133. The fraction of sp³-hybridized carbons (Fsp3) is 0.375. The lowest BCUT2D eigenvalue weighted by molar-refractivity contribution is 0.102. The summed E-state index contributed by atoms with van der Waals surface area (Å²) in [7, 11) is 4.01. The van der Waals surface area contributed by atoms with Crippen LogP contribution in [0.25, 0.3) is 0 Å². The van der Waals surface area contributed by atoms with Gasteiger partial charge >= 0.3 is 0 Å². The SMILES string of the molecule is Cc1cccc(C(=O)c2c(Br)cnn2CCN(C)C)c1C. The summed E-state index contributed by atoms with van der Waals surface area (Å²) in [6, 6.07) is 5.81. The molecule has 0 saturated carbocycles. The highest BCUT2D eigenvalue weighted by molar-refractivity contribution is 9.10. The maximum Gasteiger partial charge on any atom is 0.212 e. The molecule has 0 unspecified atom stereocenters. The third kappa shape index (κ3) is 3.41. The summed E-state index contributed by atoms with van der Waals surface area (Å²) in [5.74, 6) is 0.0133. The number of hydrogen-bond donors (Lipinski definition) is 0. The van der Waals surface area contributed by atoms with Crippen molar-refractivity contribution in [3.8, 4) is 0 Å². The van der Waals surface area contributed by atoms with Gasteiger partial charge in [0.15, 0.2) is 0 Å². The Hall–Kier alpha value is -1.46. The van der Waals surface area contributed by atoms with Crippen molar-refractivity contribution < 1.29 is 4.79 Å². The molecule has 0 radical (unpaired) electrons. The predicted molar refractivity (Wildman–Crippen MR) is 87.8 cm³/mol. The van der Waals surface area contributed by atoms with Gasteiger partial charge in [-0.15, -0.1) is 0 Å². The molecule has 2 aromatic rings. The molecule has 0 fully saturated rings. The zero-order chi connectivity index (χ0) is 15.6. The molecule has 0 amide bonds. The largest absolute Gasteiger partial charge is 0.308 e. The van der Waals surface area contributed by atoms with E-state index in [0.717, 1.165) is 27.7 Å². The molecule has 0 aliphatic heterocycles. The van der Waals surface area contributed by atoms with Crippen molar-refractivity contribution in [1.82, 2.24) is 14.7 Å². The van der Waals surface area contributed by atoms with Gasteiger partial charge in [0, 0.05) is 12.1 Å². The van der Waals surface area contributed by atoms with Gasteiger partial charge in [0.1, 0.15) is 5.69 Å². The van der Waals surface area contributed by atoms with E-state index in [1.165, 1.54) is 0 Å². The quantitative estimate of drug-likeness (QED) is 0.778. The average molecular weight is 350 g/mol. The molecule has 2 rings (SSSR count). The number of rotatable bonds is 5. The van der Waals surface area contributed by atoms with E-state index in [1.54, 1.807) is 10.9 Å². The smallest absolute Gasteiger partial charge is 0.212 e. The fourth-order valence-electron chi connectivity index (χ4n) is 2.18. The van der Waals surface area contributed by atoms with Crippen LogP contribution in [-0.4, -0.2) is 41.1 Å². The highest BCUT2D eigenvalue weighted by Crippen LogP contribution is 2.23. The number of benzene rings is 1. The molecule has 1 aromatic carbocycles. The Balaban J connectivity index is 2.39. The van der Waals surface area contributed by atoms with Gasteiger partial charge in [-0.1, -0.05) is 18.2 Å². The normalized spacial score (nSPS) is 11.1. The van der Waals surface area contributed by atoms with E-state index in [-0.39, 0.29) is 5.78 Å². The van der Waals surface area contributed by atoms with Gasteiger partial charge in [-0.3, -0.25) is 9.48 Å². The monoisotopic (exact) mass is 349 g/mol. The summed E-state index contributed by atoms with van der Waals surface area (Å²) in [5, 5.41) is 4.31. The Morgan fingerprint density at radius 2 is 2.05 bits per heavy atom. The minimum atomic E-state index is 0.0133. The Morgan fingerprint density at radius 3 is 2.71 bits per heavy atom. The maximum atomic E-state index is 12.9. The molecule has 0 saturated heterocycles. The molecule has 112 valence electrons. The van der Waals surface area contributed by atoms with Gasteiger partial charge in [0.25, 0.3) is 0 Å². The van der Waals surface area contributed by atoms with Crippen LogP contribution in [0.15, 0.2) is 28.9 Å². The molecule has 0 atom stereocenters. The second kappa shape index (κ2) is 6.54. The molecule has 1 heterocycles. The van der Waals surface area contributed by atoms with Crippen molar-refractivity contribution in [2.45, 2.75) is 20.4 Å². The Morgan fingerprint density at radius 1 is 1.33 bits per heavy atom. The van der Waals surface area contributed by atoms with Gasteiger partial charge in [-0.05, 0) is 55.0 Å². The first-order valence-corrected chi connectivity index (χ1v) is 7.68. The van der Waals surface area contributed by atoms with E-state index >= 15 is 0 Å². The summed E-state index contributed by atoms with van der Waals surface area (Å²) in [5.41, 5.74) is 3.50. The van der Waals surface area contributed by atoms with Gasteiger partial charge in [0.05, 0.1) is 17.2 Å². The lowest BCUT2D eigenvalue weighted by atomic mass is 9.99. The standard InChI is InChI=1S/C16H20BrN3O/c1-11-6-5-7-13(12(11)2)16(21)15-14(17)10-18-20(15)9-8-19(3)4/h5-7,10H,8-9H2,1-4H3. The summed E-state index contributed by atoms with van der Waals surface area (Å²) in [6.07, 6.45) is 1.69. The molecule has 5 heteroatoms.